The number of aromatic nitrogens is 1. The van der Waals surface area contributed by atoms with Crippen molar-refractivity contribution >= 4 is 16.5 Å². The Hall–Kier alpha value is -4.47. The van der Waals surface area contributed by atoms with Crippen molar-refractivity contribution in [2.45, 2.75) is 140 Å². The van der Waals surface area contributed by atoms with Gasteiger partial charge in [-0.3, -0.25) is 0 Å². The van der Waals surface area contributed by atoms with E-state index in [0.29, 0.717) is 11.3 Å². The van der Waals surface area contributed by atoms with Crippen LogP contribution in [0.25, 0.3) is 0 Å². The molecule has 0 amide bonds. The van der Waals surface area contributed by atoms with Crippen molar-refractivity contribution in [2.75, 3.05) is 5.73 Å². The van der Waals surface area contributed by atoms with E-state index in [0.717, 1.165) is 30.3 Å². The molecule has 0 bridgehead atoms. The van der Waals surface area contributed by atoms with Crippen molar-refractivity contribution in [2.24, 2.45) is 11.3 Å². The Morgan fingerprint density at radius 2 is 1.14 bits per heavy atom. The molecular weight excluding hydrogens is 733 g/mol. The van der Waals surface area contributed by atoms with E-state index in [1.165, 1.54) is 82.5 Å². The van der Waals surface area contributed by atoms with Gasteiger partial charge in [-0.25, -0.2) is 4.98 Å². The number of thiazole rings is 1. The number of benzene rings is 5. The third kappa shape index (κ3) is 20.9. The van der Waals surface area contributed by atoms with Crippen molar-refractivity contribution < 1.29 is 0 Å². The zero-order valence-corrected chi connectivity index (χ0v) is 38.5. The first kappa shape index (κ1) is 50.7. The molecule has 0 aliphatic heterocycles. The molecule has 1 aromatic heterocycles. The molecule has 1 atom stereocenters. The first-order valence-corrected chi connectivity index (χ1v) is 22.6. The molecule has 0 fully saturated rings. The minimum absolute atomic E-state index is 0. The highest BCUT2D eigenvalue weighted by atomic mass is 32.1. The summed E-state index contributed by atoms with van der Waals surface area (Å²) in [7, 11) is 0. The lowest BCUT2D eigenvalue weighted by Gasteiger charge is -2.18. The molecule has 2 nitrogen and oxygen atoms in total. The first-order chi connectivity index (χ1) is 27.8. The maximum absolute atomic E-state index is 5.63. The zero-order chi connectivity index (χ0) is 42.3. The van der Waals surface area contributed by atoms with Crippen LogP contribution in [0, 0.1) is 32.1 Å². The van der Waals surface area contributed by atoms with Gasteiger partial charge in [-0.1, -0.05) is 212 Å². The highest BCUT2D eigenvalue weighted by Gasteiger charge is 2.20. The maximum atomic E-state index is 5.63. The van der Waals surface area contributed by atoms with Crippen molar-refractivity contribution in [3.8, 4) is 0 Å². The smallest absolute Gasteiger partial charge is 0.180 e. The van der Waals surface area contributed by atoms with E-state index in [1.54, 1.807) is 22.5 Å². The summed E-state index contributed by atoms with van der Waals surface area (Å²) in [5.41, 5.74) is 18.8. The van der Waals surface area contributed by atoms with Gasteiger partial charge in [-0.15, -0.1) is 11.3 Å². The lowest BCUT2D eigenvalue weighted by Crippen LogP contribution is -2.08. The van der Waals surface area contributed by atoms with Crippen LogP contribution in [0.1, 0.15) is 136 Å². The number of rotatable bonds is 4. The van der Waals surface area contributed by atoms with Gasteiger partial charge in [0.25, 0.3) is 0 Å². The first-order valence-electron chi connectivity index (χ1n) is 21.7. The van der Waals surface area contributed by atoms with E-state index in [2.05, 4.69) is 183 Å². The van der Waals surface area contributed by atoms with Crippen LogP contribution in [0.3, 0.4) is 0 Å². The topological polar surface area (TPSA) is 38.9 Å². The van der Waals surface area contributed by atoms with Gasteiger partial charge in [0.2, 0.25) is 0 Å². The third-order valence-corrected chi connectivity index (χ3v) is 11.3. The monoisotopic (exact) mass is 811 g/mol. The summed E-state index contributed by atoms with van der Waals surface area (Å²) in [5, 5.41) is 0.740. The SMILES string of the molecule is C.CC1CCCc2nc(N)sc21.CC1Cc2ccccc2C1.CCCc1cccc(C)c1.CCc1ccccc1.Cc1cccc(CC(C)(C)C)c1.Cc1ccccc1. The van der Waals surface area contributed by atoms with Gasteiger partial charge in [0.1, 0.15) is 0 Å². The third-order valence-electron chi connectivity index (χ3n) is 10.1. The molecular formula is C56H78N2S. The fourth-order valence-corrected chi connectivity index (χ4v) is 8.24. The van der Waals surface area contributed by atoms with E-state index in [-0.39, 0.29) is 7.43 Å². The lowest BCUT2D eigenvalue weighted by atomic mass is 9.88. The van der Waals surface area contributed by atoms with Gasteiger partial charge < -0.3 is 5.73 Å². The number of nitrogens with zero attached hydrogens (tertiary/aromatic N) is 1. The molecule has 0 saturated heterocycles. The summed E-state index contributed by atoms with van der Waals surface area (Å²) in [4.78, 5) is 5.72. The summed E-state index contributed by atoms with van der Waals surface area (Å²) in [5.74, 6) is 1.56. The number of nitrogens with two attached hydrogens (primary N) is 1. The summed E-state index contributed by atoms with van der Waals surface area (Å²) < 4.78 is 0. The molecule has 2 aliphatic carbocycles. The second-order valence-corrected chi connectivity index (χ2v) is 18.5. The Balaban J connectivity index is 0.000000245. The van der Waals surface area contributed by atoms with Gasteiger partial charge in [0, 0.05) is 4.88 Å². The number of anilines is 1. The minimum Gasteiger partial charge on any atom is -0.375 e. The fraction of sp³-hybridized carbons (Fsp3) is 0.411. The number of aryl methyl sites for hydroxylation is 6. The highest BCUT2D eigenvalue weighted by molar-refractivity contribution is 7.15. The van der Waals surface area contributed by atoms with Crippen LogP contribution >= 0.6 is 11.3 Å². The van der Waals surface area contributed by atoms with Crippen LogP contribution in [-0.2, 0) is 38.5 Å². The number of hydrogen-bond acceptors (Lipinski definition) is 3. The Kier molecular flexibility index (Phi) is 23.5. The molecule has 0 spiro atoms. The average molecular weight is 811 g/mol. The Bertz CT molecular complexity index is 1960. The minimum atomic E-state index is 0. The molecule has 0 saturated carbocycles. The molecule has 59 heavy (non-hydrogen) atoms. The standard InChI is InChI=1S/C12H18.C10H12.C10H14.C8H12N2S.C8H10.C7H8.CH4/c1-10-6-5-7-11(8-10)9-12(2,3)4;1-8-6-9-4-2-3-5-10(9)7-8;1-3-5-10-7-4-6-9(2)8-10;1-5-3-2-4-6-7(5)11-8(9)10-6;1-2-8-6-4-3-5-7-8;1-7-5-3-2-4-6-7;/h5-8H,9H2,1-4H3;2-5,8H,6-7H2,1H3;4,6-8H,3,5H2,1-2H3;5H,2-4H2,1H3,(H2,9,10);3-7H,2H2,1H3;2-6H,1H3;1H4. The van der Waals surface area contributed by atoms with Gasteiger partial charge in [0.05, 0.1) is 5.69 Å². The molecule has 2 N–H and O–H groups in total. The molecule has 318 valence electrons. The lowest BCUT2D eigenvalue weighted by molar-refractivity contribution is 0.411. The van der Waals surface area contributed by atoms with Crippen LogP contribution < -0.4 is 5.73 Å². The van der Waals surface area contributed by atoms with E-state index in [4.69, 9.17) is 5.73 Å². The summed E-state index contributed by atoms with van der Waals surface area (Å²) in [6.45, 7) is 22.1. The van der Waals surface area contributed by atoms with Gasteiger partial charge in [-0.2, -0.15) is 0 Å². The molecule has 2 aliphatic rings. The van der Waals surface area contributed by atoms with Crippen LogP contribution in [0.4, 0.5) is 5.13 Å². The predicted molar refractivity (Wildman–Crippen MR) is 264 cm³/mol. The van der Waals surface area contributed by atoms with Crippen LogP contribution in [0.5, 0.6) is 0 Å². The van der Waals surface area contributed by atoms with Crippen LogP contribution in [-0.4, -0.2) is 4.98 Å². The zero-order valence-electron chi connectivity index (χ0n) is 37.7. The van der Waals surface area contributed by atoms with E-state index >= 15 is 0 Å². The Morgan fingerprint density at radius 1 is 0.644 bits per heavy atom. The normalized spacial score (nSPS) is 13.6. The summed E-state index contributed by atoms with van der Waals surface area (Å²) in [6, 6.07) is 46.9. The second-order valence-electron chi connectivity index (χ2n) is 17.4. The predicted octanol–water partition coefficient (Wildman–Crippen LogP) is 16.0. The molecule has 1 unspecified atom stereocenters. The number of fused-ring (bicyclic) bond motifs is 2. The Labute approximate surface area is 365 Å². The largest absolute Gasteiger partial charge is 0.375 e. The van der Waals surface area contributed by atoms with Gasteiger partial charge >= 0.3 is 0 Å². The average Bonchev–Trinajstić information content (AvgIpc) is 3.78. The molecule has 0 radical (unpaired) electrons. The van der Waals surface area contributed by atoms with Crippen molar-refractivity contribution in [1.82, 2.24) is 4.98 Å². The summed E-state index contributed by atoms with van der Waals surface area (Å²) in [6.07, 6.45) is 11.0. The quantitative estimate of drug-likeness (QED) is 0.193. The van der Waals surface area contributed by atoms with Crippen molar-refractivity contribution in [3.63, 3.8) is 0 Å². The van der Waals surface area contributed by atoms with Crippen LogP contribution in [0.2, 0.25) is 0 Å². The highest BCUT2D eigenvalue weighted by Crippen LogP contribution is 2.36. The van der Waals surface area contributed by atoms with Crippen molar-refractivity contribution in [3.05, 3.63) is 189 Å². The van der Waals surface area contributed by atoms with Crippen molar-refractivity contribution in [1.29, 1.82) is 0 Å². The number of hydrogen-bond donors (Lipinski definition) is 1. The van der Waals surface area contributed by atoms with E-state index in [9.17, 15) is 0 Å². The number of nitrogen functional groups attached to an aromatic ring is 1. The fourth-order valence-electron chi connectivity index (χ4n) is 7.27. The molecule has 3 heteroatoms. The molecule has 1 heterocycles. The van der Waals surface area contributed by atoms with Gasteiger partial charge in [-0.05, 0) is 117 Å². The van der Waals surface area contributed by atoms with Gasteiger partial charge in [0.15, 0.2) is 5.13 Å². The maximum Gasteiger partial charge on any atom is 0.180 e. The Morgan fingerprint density at radius 3 is 1.59 bits per heavy atom. The molecule has 8 rings (SSSR count). The van der Waals surface area contributed by atoms with Crippen LogP contribution in [0.15, 0.2) is 133 Å². The molecule has 5 aromatic carbocycles. The summed E-state index contributed by atoms with van der Waals surface area (Å²) >= 11 is 1.66. The van der Waals surface area contributed by atoms with E-state index in [1.807, 2.05) is 24.3 Å². The van der Waals surface area contributed by atoms with E-state index < -0.39 is 0 Å². The molecule has 6 aromatic rings. The second kappa shape index (κ2) is 27.3.